The fourth-order valence-corrected chi connectivity index (χ4v) is 4.21. The summed E-state index contributed by atoms with van der Waals surface area (Å²) in [5, 5.41) is 7.69. The molecule has 40 heavy (non-hydrogen) atoms. The number of amides is 2. The molecule has 3 aromatic rings. The molecule has 0 bridgehead atoms. The average Bonchev–Trinajstić information content (AvgIpc) is 2.97. The maximum Gasteiger partial charge on any atom is 0.338 e. The first-order chi connectivity index (χ1) is 19.2. The van der Waals surface area contributed by atoms with Crippen molar-refractivity contribution >= 4 is 47.0 Å². The number of ether oxygens (including phenoxy) is 2. The van der Waals surface area contributed by atoms with Crippen molar-refractivity contribution in [1.29, 1.82) is 0 Å². The summed E-state index contributed by atoms with van der Waals surface area (Å²) in [4.78, 5) is 41.2. The number of anilines is 2. The second-order valence-electron chi connectivity index (χ2n) is 8.49. The van der Waals surface area contributed by atoms with Crippen LogP contribution in [0.1, 0.15) is 31.1 Å². The average molecular weight is 563 g/mol. The topological polar surface area (TPSA) is 147 Å². The van der Waals surface area contributed by atoms with Gasteiger partial charge in [-0.2, -0.15) is 0 Å². The summed E-state index contributed by atoms with van der Waals surface area (Å²) >= 11 is 6.22. The Balaban J connectivity index is 1.71. The minimum Gasteiger partial charge on any atom is -0.495 e. The number of nitrogens with zero attached hydrogens (tertiary/aromatic N) is 2. The highest BCUT2D eigenvalue weighted by molar-refractivity contribution is 6.39. The summed E-state index contributed by atoms with van der Waals surface area (Å²) in [6.07, 6.45) is 2.27. The van der Waals surface area contributed by atoms with Crippen LogP contribution < -0.4 is 26.5 Å². The molecule has 0 saturated heterocycles. The Hall–Kier alpha value is -5.03. The Morgan fingerprint density at radius 3 is 2.38 bits per heavy atom. The van der Waals surface area contributed by atoms with E-state index >= 15 is 0 Å². The molecule has 1 atom stereocenters. The van der Waals surface area contributed by atoms with E-state index in [1.165, 1.54) is 20.4 Å². The SMILES string of the molecule is CNC(=O)c1ccc(-c2cc(OC)c(NC3N=CC(Cl)=CN3Nc3ccccc3C(N)=O)cc2C(=O)OC)cc1. The van der Waals surface area contributed by atoms with Gasteiger partial charge in [-0.05, 0) is 47.5 Å². The third kappa shape index (κ3) is 6.00. The number of carbonyl (C=O) groups is 3. The summed E-state index contributed by atoms with van der Waals surface area (Å²) < 4.78 is 10.7. The van der Waals surface area contributed by atoms with Crippen molar-refractivity contribution in [3.63, 3.8) is 0 Å². The van der Waals surface area contributed by atoms with Crippen LogP contribution in [0.3, 0.4) is 0 Å². The van der Waals surface area contributed by atoms with E-state index in [0.29, 0.717) is 38.8 Å². The molecular formula is C28H27ClN6O5. The number of allylic oxidation sites excluding steroid dienone is 1. The number of carbonyl (C=O) groups excluding carboxylic acids is 3. The molecule has 1 aliphatic heterocycles. The van der Waals surface area contributed by atoms with Crippen molar-refractivity contribution in [2.24, 2.45) is 10.7 Å². The van der Waals surface area contributed by atoms with Gasteiger partial charge in [0.25, 0.3) is 11.8 Å². The summed E-state index contributed by atoms with van der Waals surface area (Å²) in [6, 6.07) is 16.8. The Labute approximate surface area is 235 Å². The number of nitrogens with one attached hydrogen (secondary N) is 3. The maximum absolute atomic E-state index is 12.8. The standard InChI is InChI=1S/C28H27ClN6O5/c1-31-26(37)17-10-8-16(9-11-17)20-13-24(39-2)23(12-21(20)27(38)40-3)33-28-32-14-18(29)15-35(28)34-22-7-5-4-6-19(22)25(30)36/h4-15,28,33-34H,1-3H3,(H2,30,36)(H,31,37). The van der Waals surface area contributed by atoms with Gasteiger partial charge in [0.1, 0.15) is 5.75 Å². The highest BCUT2D eigenvalue weighted by atomic mass is 35.5. The molecule has 0 spiro atoms. The molecule has 0 radical (unpaired) electrons. The van der Waals surface area contributed by atoms with Crippen LogP contribution in [0.2, 0.25) is 0 Å². The smallest absolute Gasteiger partial charge is 0.338 e. The summed E-state index contributed by atoms with van der Waals surface area (Å²) in [5.74, 6) is -0.995. The van der Waals surface area contributed by atoms with E-state index in [9.17, 15) is 14.4 Å². The van der Waals surface area contributed by atoms with Crippen LogP contribution in [0.15, 0.2) is 76.9 Å². The molecule has 0 saturated carbocycles. The first kappa shape index (κ1) is 28.0. The number of aliphatic imine (C=N–C) groups is 1. The minimum atomic E-state index is -0.777. The molecule has 1 heterocycles. The molecule has 0 aromatic heterocycles. The van der Waals surface area contributed by atoms with Crippen LogP contribution in [0.4, 0.5) is 11.4 Å². The van der Waals surface area contributed by atoms with Crippen LogP contribution in [0.5, 0.6) is 5.75 Å². The molecule has 5 N–H and O–H groups in total. The monoisotopic (exact) mass is 562 g/mol. The van der Waals surface area contributed by atoms with Gasteiger partial charge in [0.05, 0.1) is 41.8 Å². The first-order valence-electron chi connectivity index (χ1n) is 12.0. The van der Waals surface area contributed by atoms with Gasteiger partial charge >= 0.3 is 5.97 Å². The van der Waals surface area contributed by atoms with E-state index in [-0.39, 0.29) is 17.0 Å². The Morgan fingerprint density at radius 1 is 1.00 bits per heavy atom. The van der Waals surface area contributed by atoms with Crippen molar-refractivity contribution in [3.05, 3.63) is 88.6 Å². The summed E-state index contributed by atoms with van der Waals surface area (Å²) in [5.41, 5.74) is 11.7. The largest absolute Gasteiger partial charge is 0.495 e. The van der Waals surface area contributed by atoms with Gasteiger partial charge in [0.15, 0.2) is 0 Å². The zero-order valence-corrected chi connectivity index (χ0v) is 22.7. The minimum absolute atomic E-state index is 0.226. The van der Waals surface area contributed by atoms with Crippen LogP contribution in [0.25, 0.3) is 11.1 Å². The van der Waals surface area contributed by atoms with Gasteiger partial charge in [-0.1, -0.05) is 35.9 Å². The molecule has 3 aromatic carbocycles. The third-order valence-electron chi connectivity index (χ3n) is 6.02. The molecule has 1 unspecified atom stereocenters. The predicted molar refractivity (Wildman–Crippen MR) is 153 cm³/mol. The van der Waals surface area contributed by atoms with E-state index in [0.717, 1.165) is 0 Å². The van der Waals surface area contributed by atoms with Gasteiger partial charge in [-0.25, -0.2) is 9.79 Å². The Bertz CT molecular complexity index is 1510. The van der Waals surface area contributed by atoms with Crippen LogP contribution >= 0.6 is 11.6 Å². The molecule has 0 aliphatic carbocycles. The predicted octanol–water partition coefficient (Wildman–Crippen LogP) is 3.80. The lowest BCUT2D eigenvalue weighted by Gasteiger charge is -2.33. The molecule has 1 aliphatic rings. The van der Waals surface area contributed by atoms with Gasteiger partial charge < -0.3 is 25.8 Å². The number of hydrogen-bond donors (Lipinski definition) is 4. The van der Waals surface area contributed by atoms with Crippen molar-refractivity contribution in [2.45, 2.75) is 6.29 Å². The summed E-state index contributed by atoms with van der Waals surface area (Å²) in [7, 11) is 4.34. The van der Waals surface area contributed by atoms with E-state index in [2.05, 4.69) is 21.1 Å². The van der Waals surface area contributed by atoms with Gasteiger partial charge in [0.2, 0.25) is 6.29 Å². The molecule has 11 nitrogen and oxygen atoms in total. The number of halogens is 1. The molecule has 12 heteroatoms. The molecule has 4 rings (SSSR count). The van der Waals surface area contributed by atoms with E-state index < -0.39 is 18.2 Å². The number of para-hydroxylation sites is 1. The quantitative estimate of drug-likeness (QED) is 0.288. The van der Waals surface area contributed by atoms with E-state index in [1.807, 2.05) is 0 Å². The van der Waals surface area contributed by atoms with Crippen LogP contribution in [-0.2, 0) is 4.74 Å². The number of methoxy groups -OCH3 is 2. The van der Waals surface area contributed by atoms with Gasteiger partial charge in [0, 0.05) is 25.0 Å². The molecule has 0 fully saturated rings. The second kappa shape index (κ2) is 12.2. The molecule has 2 amide bonds. The number of esters is 1. The lowest BCUT2D eigenvalue weighted by molar-refractivity contribution is 0.0601. The van der Waals surface area contributed by atoms with Crippen molar-refractivity contribution in [3.8, 4) is 16.9 Å². The number of rotatable bonds is 9. The van der Waals surface area contributed by atoms with Crippen molar-refractivity contribution in [1.82, 2.24) is 10.3 Å². The van der Waals surface area contributed by atoms with Crippen molar-refractivity contribution in [2.75, 3.05) is 32.0 Å². The number of hydrogen-bond acceptors (Lipinski definition) is 9. The zero-order valence-electron chi connectivity index (χ0n) is 21.9. The molecule has 206 valence electrons. The highest BCUT2D eigenvalue weighted by Gasteiger charge is 2.24. The zero-order chi connectivity index (χ0) is 28.8. The fourth-order valence-electron chi connectivity index (χ4n) is 4.05. The van der Waals surface area contributed by atoms with E-state index in [1.54, 1.807) is 78.9 Å². The fraction of sp³-hybridized carbons (Fsp3) is 0.143. The van der Waals surface area contributed by atoms with Crippen LogP contribution in [-0.4, -0.2) is 56.6 Å². The normalized spacial score (nSPS) is 14.2. The number of benzene rings is 3. The number of nitrogens with two attached hydrogens (primary N) is 1. The van der Waals surface area contributed by atoms with E-state index in [4.69, 9.17) is 26.8 Å². The lowest BCUT2D eigenvalue weighted by atomic mass is 9.97. The number of hydrazine groups is 1. The molecular weight excluding hydrogens is 536 g/mol. The lowest BCUT2D eigenvalue weighted by Crippen LogP contribution is -2.42. The Kier molecular flexibility index (Phi) is 8.55. The third-order valence-corrected chi connectivity index (χ3v) is 6.22. The highest BCUT2D eigenvalue weighted by Crippen LogP contribution is 2.36. The van der Waals surface area contributed by atoms with Gasteiger partial charge in [-0.15, -0.1) is 0 Å². The Morgan fingerprint density at radius 2 is 1.73 bits per heavy atom. The maximum atomic E-state index is 12.8. The summed E-state index contributed by atoms with van der Waals surface area (Å²) in [6.45, 7) is 0. The second-order valence-corrected chi connectivity index (χ2v) is 8.92. The van der Waals surface area contributed by atoms with Gasteiger partial charge in [-0.3, -0.25) is 20.0 Å². The number of primary amides is 1. The van der Waals surface area contributed by atoms with Crippen LogP contribution in [0, 0.1) is 0 Å². The van der Waals surface area contributed by atoms with Crippen molar-refractivity contribution < 1.29 is 23.9 Å². The first-order valence-corrected chi connectivity index (χ1v) is 12.4.